The number of ether oxygens (including phenoxy) is 1. The molecule has 0 aliphatic heterocycles. The zero-order valence-corrected chi connectivity index (χ0v) is 15.3. The molecule has 0 bridgehead atoms. The predicted octanol–water partition coefficient (Wildman–Crippen LogP) is 4.07. The molecule has 138 valence electrons. The summed E-state index contributed by atoms with van der Waals surface area (Å²) < 4.78 is 5.50. The van der Waals surface area contributed by atoms with Gasteiger partial charge in [-0.1, -0.05) is 37.3 Å². The van der Waals surface area contributed by atoms with Gasteiger partial charge in [0.1, 0.15) is 5.75 Å². The van der Waals surface area contributed by atoms with Gasteiger partial charge in [-0.15, -0.1) is 0 Å². The van der Waals surface area contributed by atoms with E-state index in [1.54, 1.807) is 12.1 Å². The van der Waals surface area contributed by atoms with Gasteiger partial charge in [0.05, 0.1) is 12.6 Å². The average molecular weight is 354 g/mol. The number of rotatable bonds is 9. The van der Waals surface area contributed by atoms with Crippen LogP contribution in [0.3, 0.4) is 0 Å². The van der Waals surface area contributed by atoms with Gasteiger partial charge in [0, 0.05) is 18.5 Å². The molecule has 0 saturated carbocycles. The summed E-state index contributed by atoms with van der Waals surface area (Å²) in [6.07, 6.45) is 1.24. The average Bonchev–Trinajstić information content (AvgIpc) is 2.66. The van der Waals surface area contributed by atoms with Crippen molar-refractivity contribution in [1.82, 2.24) is 5.32 Å². The fourth-order valence-corrected chi connectivity index (χ4v) is 2.44. The molecule has 2 N–H and O–H groups in total. The Hall–Kier alpha value is -2.82. The van der Waals surface area contributed by atoms with Gasteiger partial charge < -0.3 is 15.4 Å². The van der Waals surface area contributed by atoms with Crippen LogP contribution in [0.15, 0.2) is 54.6 Å². The van der Waals surface area contributed by atoms with Crippen molar-refractivity contribution in [2.45, 2.75) is 39.2 Å². The van der Waals surface area contributed by atoms with E-state index in [2.05, 4.69) is 10.6 Å². The first-order valence-corrected chi connectivity index (χ1v) is 8.95. The van der Waals surface area contributed by atoms with Gasteiger partial charge in [-0.05, 0) is 43.2 Å². The lowest BCUT2D eigenvalue weighted by molar-refractivity contribution is -0.124. The zero-order chi connectivity index (χ0) is 18.8. The Balaban J connectivity index is 1.73. The second-order valence-corrected chi connectivity index (χ2v) is 6.12. The van der Waals surface area contributed by atoms with E-state index in [1.807, 2.05) is 56.3 Å². The van der Waals surface area contributed by atoms with Gasteiger partial charge >= 0.3 is 0 Å². The fourth-order valence-electron chi connectivity index (χ4n) is 2.44. The second-order valence-electron chi connectivity index (χ2n) is 6.12. The second kappa shape index (κ2) is 10.2. The van der Waals surface area contributed by atoms with E-state index in [4.69, 9.17) is 4.74 Å². The number of anilines is 1. The molecule has 2 amide bonds. The Morgan fingerprint density at radius 2 is 1.62 bits per heavy atom. The molecule has 0 heterocycles. The molecule has 2 aromatic carbocycles. The third-order valence-corrected chi connectivity index (χ3v) is 3.87. The minimum atomic E-state index is -0.185. The molecular weight excluding hydrogens is 328 g/mol. The summed E-state index contributed by atoms with van der Waals surface area (Å²) in [6.45, 7) is 4.64. The van der Waals surface area contributed by atoms with Crippen molar-refractivity contribution in [3.8, 4) is 5.75 Å². The summed E-state index contributed by atoms with van der Waals surface area (Å²) >= 11 is 0. The Bertz CT molecular complexity index is 699. The number of amides is 2. The van der Waals surface area contributed by atoms with Crippen LogP contribution in [0.2, 0.25) is 0 Å². The number of benzene rings is 2. The largest absolute Gasteiger partial charge is 0.494 e. The highest BCUT2D eigenvalue weighted by Crippen LogP contribution is 2.16. The molecule has 2 rings (SSSR count). The highest BCUT2D eigenvalue weighted by molar-refractivity contribution is 5.93. The third kappa shape index (κ3) is 6.59. The first-order valence-electron chi connectivity index (χ1n) is 8.95. The van der Waals surface area contributed by atoms with Crippen LogP contribution in [0.4, 0.5) is 5.69 Å². The van der Waals surface area contributed by atoms with Crippen molar-refractivity contribution in [2.24, 2.45) is 0 Å². The SMILES string of the molecule is CCCOc1ccc(NC(=O)CCC(=O)N[C@@H](C)c2ccccc2)cc1. The van der Waals surface area contributed by atoms with Crippen LogP contribution in [-0.2, 0) is 9.59 Å². The van der Waals surface area contributed by atoms with E-state index in [1.165, 1.54) is 0 Å². The minimum absolute atomic E-state index is 0.0811. The van der Waals surface area contributed by atoms with Crippen molar-refractivity contribution in [3.63, 3.8) is 0 Å². The summed E-state index contributed by atoms with van der Waals surface area (Å²) in [5.74, 6) is 0.452. The van der Waals surface area contributed by atoms with E-state index in [0.717, 1.165) is 17.7 Å². The van der Waals surface area contributed by atoms with Crippen LogP contribution in [-0.4, -0.2) is 18.4 Å². The molecular formula is C21H26N2O3. The lowest BCUT2D eigenvalue weighted by atomic mass is 10.1. The first-order chi connectivity index (χ1) is 12.6. The van der Waals surface area contributed by atoms with Gasteiger partial charge in [0.2, 0.25) is 11.8 Å². The lowest BCUT2D eigenvalue weighted by Crippen LogP contribution is -2.27. The van der Waals surface area contributed by atoms with E-state index in [9.17, 15) is 9.59 Å². The monoisotopic (exact) mass is 354 g/mol. The maximum atomic E-state index is 12.0. The van der Waals surface area contributed by atoms with Crippen LogP contribution in [0.25, 0.3) is 0 Å². The van der Waals surface area contributed by atoms with Gasteiger partial charge in [0.25, 0.3) is 0 Å². The van der Waals surface area contributed by atoms with Crippen molar-refractivity contribution < 1.29 is 14.3 Å². The minimum Gasteiger partial charge on any atom is -0.494 e. The molecule has 0 spiro atoms. The molecule has 2 aromatic rings. The summed E-state index contributed by atoms with van der Waals surface area (Å²) in [7, 11) is 0. The van der Waals surface area contributed by atoms with E-state index < -0.39 is 0 Å². The molecule has 5 nitrogen and oxygen atoms in total. The van der Waals surface area contributed by atoms with Crippen LogP contribution >= 0.6 is 0 Å². The van der Waals surface area contributed by atoms with Crippen molar-refractivity contribution in [2.75, 3.05) is 11.9 Å². The third-order valence-electron chi connectivity index (χ3n) is 3.87. The van der Waals surface area contributed by atoms with Crippen LogP contribution < -0.4 is 15.4 Å². The number of carbonyl (C=O) groups excluding carboxylic acids is 2. The summed E-state index contributed by atoms with van der Waals surface area (Å²) in [5.41, 5.74) is 1.73. The Kier molecular flexibility index (Phi) is 7.68. The van der Waals surface area contributed by atoms with Crippen molar-refractivity contribution >= 4 is 17.5 Å². The molecule has 0 radical (unpaired) electrons. The number of carbonyl (C=O) groups is 2. The maximum absolute atomic E-state index is 12.0. The molecule has 0 aliphatic rings. The molecule has 0 saturated heterocycles. The Morgan fingerprint density at radius 1 is 0.962 bits per heavy atom. The summed E-state index contributed by atoms with van der Waals surface area (Å²) in [6, 6.07) is 16.9. The van der Waals surface area contributed by atoms with Crippen molar-refractivity contribution in [1.29, 1.82) is 0 Å². The smallest absolute Gasteiger partial charge is 0.224 e. The number of hydrogen-bond donors (Lipinski definition) is 2. The lowest BCUT2D eigenvalue weighted by Gasteiger charge is -2.14. The summed E-state index contributed by atoms with van der Waals surface area (Å²) in [5, 5.41) is 5.70. The molecule has 0 aliphatic carbocycles. The molecule has 0 unspecified atom stereocenters. The standard InChI is InChI=1S/C21H26N2O3/c1-3-15-26-19-11-9-18(10-12-19)23-21(25)14-13-20(24)22-16(2)17-7-5-4-6-8-17/h4-12,16H,3,13-15H2,1-2H3,(H,22,24)(H,23,25)/t16-/m0/s1. The zero-order valence-electron chi connectivity index (χ0n) is 15.3. The molecule has 1 atom stereocenters. The Labute approximate surface area is 154 Å². The van der Waals surface area contributed by atoms with Crippen LogP contribution in [0, 0.1) is 0 Å². The van der Waals surface area contributed by atoms with Crippen molar-refractivity contribution in [3.05, 3.63) is 60.2 Å². The Morgan fingerprint density at radius 3 is 2.27 bits per heavy atom. The number of nitrogens with one attached hydrogen (secondary N) is 2. The van der Waals surface area contributed by atoms with Gasteiger partial charge in [-0.2, -0.15) is 0 Å². The summed E-state index contributed by atoms with van der Waals surface area (Å²) in [4.78, 5) is 24.0. The maximum Gasteiger partial charge on any atom is 0.224 e. The van der Waals surface area contributed by atoms with Gasteiger partial charge in [0.15, 0.2) is 0 Å². The predicted molar refractivity (Wildman–Crippen MR) is 103 cm³/mol. The van der Waals surface area contributed by atoms with Crippen LogP contribution in [0.5, 0.6) is 5.75 Å². The molecule has 0 aromatic heterocycles. The first kappa shape index (κ1) is 19.5. The molecule has 5 heteroatoms. The van der Waals surface area contributed by atoms with Gasteiger partial charge in [-0.3, -0.25) is 9.59 Å². The highest BCUT2D eigenvalue weighted by atomic mass is 16.5. The quantitative estimate of drug-likeness (QED) is 0.713. The topological polar surface area (TPSA) is 67.4 Å². The fraction of sp³-hybridized carbons (Fsp3) is 0.333. The highest BCUT2D eigenvalue weighted by Gasteiger charge is 2.11. The van der Waals surface area contributed by atoms with Gasteiger partial charge in [-0.25, -0.2) is 0 Å². The van der Waals surface area contributed by atoms with E-state index in [-0.39, 0.29) is 30.7 Å². The number of hydrogen-bond acceptors (Lipinski definition) is 3. The van der Waals surface area contributed by atoms with E-state index in [0.29, 0.717) is 12.3 Å². The van der Waals surface area contributed by atoms with E-state index >= 15 is 0 Å². The molecule has 0 fully saturated rings. The normalized spacial score (nSPS) is 11.5. The van der Waals surface area contributed by atoms with Crippen LogP contribution in [0.1, 0.15) is 44.7 Å². The molecule has 26 heavy (non-hydrogen) atoms.